The minimum Gasteiger partial charge on any atom is -0.341 e. The van der Waals surface area contributed by atoms with E-state index in [4.69, 9.17) is 0 Å². The predicted molar refractivity (Wildman–Crippen MR) is 57.7 cm³/mol. The van der Waals surface area contributed by atoms with Crippen LogP contribution < -0.4 is 10.6 Å². The number of amides is 2. The summed E-state index contributed by atoms with van der Waals surface area (Å²) < 4.78 is 0. The molecule has 0 aliphatic rings. The van der Waals surface area contributed by atoms with E-state index in [0.717, 1.165) is 10.9 Å². The third-order valence-corrected chi connectivity index (χ3v) is 2.06. The monoisotopic (exact) mass is 203 g/mol. The van der Waals surface area contributed by atoms with Gasteiger partial charge in [-0.05, 0) is 24.3 Å². The molecule has 0 spiro atoms. The maximum atomic E-state index is 10.2. The first-order valence-electron chi connectivity index (χ1n) is 4.36. The van der Waals surface area contributed by atoms with Gasteiger partial charge < -0.3 is 15.6 Å². The van der Waals surface area contributed by atoms with E-state index in [1.165, 1.54) is 0 Å². The van der Waals surface area contributed by atoms with E-state index in [1.54, 1.807) is 12.1 Å². The van der Waals surface area contributed by atoms with Crippen LogP contribution in [0.1, 0.15) is 0 Å². The van der Waals surface area contributed by atoms with Crippen LogP contribution in [0, 0.1) is 0 Å². The Morgan fingerprint density at radius 2 is 1.87 bits per heavy atom. The number of carbonyl (C=O) groups excluding carboxylic acids is 2. The number of nitrogens with one attached hydrogen (secondary N) is 3. The molecule has 0 atom stereocenters. The van der Waals surface area contributed by atoms with Crippen LogP contribution in [-0.2, 0) is 9.59 Å². The third-order valence-electron chi connectivity index (χ3n) is 2.06. The maximum absolute atomic E-state index is 10.2. The van der Waals surface area contributed by atoms with Crippen molar-refractivity contribution in [1.82, 2.24) is 4.98 Å². The molecule has 0 saturated heterocycles. The first-order chi connectivity index (χ1) is 7.33. The standard InChI is InChI=1S/C10H9N3O2/c14-5-11-8-1-2-9-7(3-8)4-10(13-9)12-6-15/h1-6,13H,(H,11,14)(H,12,15). The Morgan fingerprint density at radius 3 is 2.60 bits per heavy atom. The quantitative estimate of drug-likeness (QED) is 0.655. The number of aromatic amines is 1. The molecule has 0 saturated carbocycles. The van der Waals surface area contributed by atoms with Crippen molar-refractivity contribution in [1.29, 1.82) is 0 Å². The van der Waals surface area contributed by atoms with E-state index in [0.29, 0.717) is 24.3 Å². The van der Waals surface area contributed by atoms with Crippen LogP contribution in [0.2, 0.25) is 0 Å². The van der Waals surface area contributed by atoms with E-state index in [2.05, 4.69) is 15.6 Å². The summed E-state index contributed by atoms with van der Waals surface area (Å²) in [5, 5.41) is 6.00. The summed E-state index contributed by atoms with van der Waals surface area (Å²) in [5.74, 6) is 0.628. The van der Waals surface area contributed by atoms with Crippen molar-refractivity contribution in [2.45, 2.75) is 0 Å². The summed E-state index contributed by atoms with van der Waals surface area (Å²) >= 11 is 0. The van der Waals surface area contributed by atoms with Gasteiger partial charge in [0.2, 0.25) is 12.8 Å². The molecule has 0 unspecified atom stereocenters. The molecule has 2 aromatic rings. The Bertz CT molecular complexity index is 496. The molecule has 2 rings (SSSR count). The average molecular weight is 203 g/mol. The van der Waals surface area contributed by atoms with Gasteiger partial charge in [-0.3, -0.25) is 9.59 Å². The molecule has 0 aliphatic carbocycles. The lowest BCUT2D eigenvalue weighted by atomic mass is 10.2. The first kappa shape index (κ1) is 9.26. The van der Waals surface area contributed by atoms with Crippen LogP contribution in [0.3, 0.4) is 0 Å². The molecule has 0 bridgehead atoms. The van der Waals surface area contributed by atoms with Gasteiger partial charge in [-0.25, -0.2) is 0 Å². The molecule has 0 fully saturated rings. The SMILES string of the molecule is O=CNc1ccc2[nH]c(NC=O)cc2c1. The molecule has 76 valence electrons. The lowest BCUT2D eigenvalue weighted by Crippen LogP contribution is -1.92. The highest BCUT2D eigenvalue weighted by molar-refractivity contribution is 5.90. The molecule has 1 heterocycles. The van der Waals surface area contributed by atoms with Crippen molar-refractivity contribution >= 4 is 35.2 Å². The Balaban J connectivity index is 2.42. The number of hydrogen-bond donors (Lipinski definition) is 3. The van der Waals surface area contributed by atoms with Crippen molar-refractivity contribution in [2.75, 3.05) is 10.6 Å². The molecule has 0 radical (unpaired) electrons. The summed E-state index contributed by atoms with van der Waals surface area (Å²) in [6, 6.07) is 7.21. The van der Waals surface area contributed by atoms with E-state index in [1.807, 2.05) is 12.1 Å². The summed E-state index contributed by atoms with van der Waals surface area (Å²) in [6.07, 6.45) is 1.23. The van der Waals surface area contributed by atoms with Crippen molar-refractivity contribution in [3.8, 4) is 0 Å². The molecule has 5 heteroatoms. The van der Waals surface area contributed by atoms with E-state index in [9.17, 15) is 9.59 Å². The van der Waals surface area contributed by atoms with Gasteiger partial charge in [0.25, 0.3) is 0 Å². The number of fused-ring (bicyclic) bond motifs is 1. The normalized spacial score (nSPS) is 9.87. The van der Waals surface area contributed by atoms with Crippen LogP contribution in [0.4, 0.5) is 11.5 Å². The number of carbonyl (C=O) groups is 2. The van der Waals surface area contributed by atoms with Crippen LogP contribution in [-0.4, -0.2) is 17.8 Å². The highest BCUT2D eigenvalue weighted by Crippen LogP contribution is 2.21. The van der Waals surface area contributed by atoms with Gasteiger partial charge in [-0.1, -0.05) is 0 Å². The zero-order chi connectivity index (χ0) is 10.7. The second-order valence-electron chi connectivity index (χ2n) is 3.01. The number of anilines is 2. The summed E-state index contributed by atoms with van der Waals surface area (Å²) in [5.41, 5.74) is 1.62. The molecule has 1 aromatic carbocycles. The van der Waals surface area contributed by atoms with E-state index < -0.39 is 0 Å². The number of benzene rings is 1. The van der Waals surface area contributed by atoms with E-state index in [-0.39, 0.29) is 0 Å². The highest BCUT2D eigenvalue weighted by atomic mass is 16.1. The van der Waals surface area contributed by atoms with Crippen LogP contribution in [0.15, 0.2) is 24.3 Å². The second kappa shape index (κ2) is 3.83. The summed E-state index contributed by atoms with van der Waals surface area (Å²) in [7, 11) is 0. The fourth-order valence-corrected chi connectivity index (χ4v) is 1.43. The summed E-state index contributed by atoms with van der Waals surface area (Å²) in [4.78, 5) is 23.5. The fraction of sp³-hybridized carbons (Fsp3) is 0. The lowest BCUT2D eigenvalue weighted by Gasteiger charge is -1.96. The largest absolute Gasteiger partial charge is 0.341 e. The smallest absolute Gasteiger partial charge is 0.212 e. The van der Waals surface area contributed by atoms with Gasteiger partial charge in [-0.15, -0.1) is 0 Å². The zero-order valence-corrected chi connectivity index (χ0v) is 7.78. The van der Waals surface area contributed by atoms with Gasteiger partial charge in [-0.2, -0.15) is 0 Å². The fourth-order valence-electron chi connectivity index (χ4n) is 1.43. The second-order valence-corrected chi connectivity index (χ2v) is 3.01. The third kappa shape index (κ3) is 1.80. The Kier molecular flexibility index (Phi) is 2.37. The minimum absolute atomic E-state index is 0.606. The highest BCUT2D eigenvalue weighted by Gasteiger charge is 2.00. The average Bonchev–Trinajstić information content (AvgIpc) is 2.60. The number of H-pyrrole nitrogens is 1. The number of hydrogen-bond acceptors (Lipinski definition) is 2. The van der Waals surface area contributed by atoms with Crippen molar-refractivity contribution in [2.24, 2.45) is 0 Å². The maximum Gasteiger partial charge on any atom is 0.212 e. The first-order valence-corrected chi connectivity index (χ1v) is 4.36. The summed E-state index contributed by atoms with van der Waals surface area (Å²) in [6.45, 7) is 0. The topological polar surface area (TPSA) is 74.0 Å². The molecule has 2 amide bonds. The minimum atomic E-state index is 0.606. The van der Waals surface area contributed by atoms with Crippen molar-refractivity contribution < 1.29 is 9.59 Å². The van der Waals surface area contributed by atoms with Gasteiger partial charge in [0.05, 0.1) is 0 Å². The van der Waals surface area contributed by atoms with Gasteiger partial charge in [0.15, 0.2) is 0 Å². The van der Waals surface area contributed by atoms with Gasteiger partial charge >= 0.3 is 0 Å². The van der Waals surface area contributed by atoms with Crippen LogP contribution >= 0.6 is 0 Å². The molecular formula is C10H9N3O2. The number of rotatable bonds is 4. The molecule has 15 heavy (non-hydrogen) atoms. The molecular weight excluding hydrogens is 194 g/mol. The molecule has 1 aromatic heterocycles. The molecule has 5 nitrogen and oxygen atoms in total. The molecule has 0 aliphatic heterocycles. The predicted octanol–water partition coefficient (Wildman–Crippen LogP) is 1.30. The Hall–Kier alpha value is -2.30. The Morgan fingerprint density at radius 1 is 1.07 bits per heavy atom. The van der Waals surface area contributed by atoms with Crippen molar-refractivity contribution in [3.05, 3.63) is 24.3 Å². The van der Waals surface area contributed by atoms with Crippen molar-refractivity contribution in [3.63, 3.8) is 0 Å². The van der Waals surface area contributed by atoms with Gasteiger partial charge in [0.1, 0.15) is 5.82 Å². The lowest BCUT2D eigenvalue weighted by molar-refractivity contribution is -0.106. The zero-order valence-electron chi connectivity index (χ0n) is 7.78. The van der Waals surface area contributed by atoms with Crippen LogP contribution in [0.25, 0.3) is 10.9 Å². The van der Waals surface area contributed by atoms with Crippen LogP contribution in [0.5, 0.6) is 0 Å². The van der Waals surface area contributed by atoms with Gasteiger partial charge in [0, 0.05) is 16.6 Å². The van der Waals surface area contributed by atoms with E-state index >= 15 is 0 Å². The number of aromatic nitrogens is 1. The molecule has 3 N–H and O–H groups in total. The Labute approximate surface area is 85.5 Å².